The van der Waals surface area contributed by atoms with Crippen molar-refractivity contribution in [2.45, 2.75) is 32.7 Å². The average molecular weight is 204 g/mol. The number of hydrogen-bond acceptors (Lipinski definition) is 3. The smallest absolute Gasteiger partial charge is 0.118 e. The Morgan fingerprint density at radius 3 is 2.67 bits per heavy atom. The minimum Gasteiger partial charge on any atom is -0.325 e. The SMILES string of the molecule is CC(C)(C)c1ccc2c(CN)ncn2n1. The van der Waals surface area contributed by atoms with Gasteiger partial charge in [0.05, 0.1) is 16.9 Å². The molecule has 80 valence electrons. The van der Waals surface area contributed by atoms with Gasteiger partial charge in [-0.3, -0.25) is 0 Å². The number of imidazole rings is 1. The lowest BCUT2D eigenvalue weighted by Gasteiger charge is -2.17. The molecule has 0 unspecified atom stereocenters. The first-order chi connectivity index (χ1) is 7.02. The summed E-state index contributed by atoms with van der Waals surface area (Å²) in [6, 6.07) is 4.07. The van der Waals surface area contributed by atoms with Gasteiger partial charge < -0.3 is 5.73 Å². The van der Waals surface area contributed by atoms with Crippen molar-refractivity contribution in [1.82, 2.24) is 14.6 Å². The molecule has 0 spiro atoms. The molecule has 4 heteroatoms. The van der Waals surface area contributed by atoms with Crippen molar-refractivity contribution in [1.29, 1.82) is 0 Å². The zero-order chi connectivity index (χ0) is 11.1. The molecular weight excluding hydrogens is 188 g/mol. The van der Waals surface area contributed by atoms with Gasteiger partial charge in [-0.25, -0.2) is 9.50 Å². The molecular formula is C11H16N4. The van der Waals surface area contributed by atoms with Crippen molar-refractivity contribution in [2.75, 3.05) is 0 Å². The van der Waals surface area contributed by atoms with Crippen LogP contribution in [0.1, 0.15) is 32.2 Å². The summed E-state index contributed by atoms with van der Waals surface area (Å²) in [5, 5.41) is 4.51. The molecule has 2 N–H and O–H groups in total. The Bertz CT molecular complexity index is 479. The van der Waals surface area contributed by atoms with Crippen LogP contribution >= 0.6 is 0 Å². The van der Waals surface area contributed by atoms with E-state index >= 15 is 0 Å². The standard InChI is InChI=1S/C11H16N4/c1-11(2,3)10-5-4-9-8(6-12)13-7-15(9)14-10/h4-5,7H,6,12H2,1-3H3. The van der Waals surface area contributed by atoms with Gasteiger partial charge >= 0.3 is 0 Å². The second-order valence-electron chi connectivity index (χ2n) is 4.69. The fourth-order valence-corrected chi connectivity index (χ4v) is 1.50. The van der Waals surface area contributed by atoms with Crippen LogP contribution in [-0.2, 0) is 12.0 Å². The Hall–Kier alpha value is -1.42. The zero-order valence-corrected chi connectivity index (χ0v) is 9.36. The summed E-state index contributed by atoms with van der Waals surface area (Å²) < 4.78 is 1.79. The third-order valence-electron chi connectivity index (χ3n) is 2.44. The number of aromatic nitrogens is 3. The second-order valence-corrected chi connectivity index (χ2v) is 4.69. The average Bonchev–Trinajstić information content (AvgIpc) is 2.58. The van der Waals surface area contributed by atoms with Gasteiger partial charge in [-0.2, -0.15) is 5.10 Å². The highest BCUT2D eigenvalue weighted by Gasteiger charge is 2.16. The molecule has 2 rings (SSSR count). The third-order valence-corrected chi connectivity index (χ3v) is 2.44. The molecule has 2 heterocycles. The monoisotopic (exact) mass is 204 g/mol. The Labute approximate surface area is 89.1 Å². The van der Waals surface area contributed by atoms with Gasteiger partial charge in [0, 0.05) is 12.0 Å². The van der Waals surface area contributed by atoms with E-state index in [-0.39, 0.29) is 5.41 Å². The second kappa shape index (κ2) is 3.31. The number of fused-ring (bicyclic) bond motifs is 1. The lowest BCUT2D eigenvalue weighted by molar-refractivity contribution is 0.554. The van der Waals surface area contributed by atoms with Gasteiger partial charge in [-0.15, -0.1) is 0 Å². The molecule has 4 nitrogen and oxygen atoms in total. The summed E-state index contributed by atoms with van der Waals surface area (Å²) >= 11 is 0. The quantitative estimate of drug-likeness (QED) is 0.765. The van der Waals surface area contributed by atoms with Crippen molar-refractivity contribution < 1.29 is 0 Å². The Kier molecular flexibility index (Phi) is 2.23. The number of nitrogens with two attached hydrogens (primary N) is 1. The van der Waals surface area contributed by atoms with Gasteiger partial charge in [0.2, 0.25) is 0 Å². The molecule has 0 fully saturated rings. The highest BCUT2D eigenvalue weighted by atomic mass is 15.2. The Morgan fingerprint density at radius 1 is 1.33 bits per heavy atom. The molecule has 0 amide bonds. The minimum absolute atomic E-state index is 0.0569. The molecule has 0 saturated carbocycles. The molecule has 0 bridgehead atoms. The summed E-state index contributed by atoms with van der Waals surface area (Å²) in [6.45, 7) is 6.87. The third kappa shape index (κ3) is 1.72. The van der Waals surface area contributed by atoms with Crippen LogP contribution in [0.5, 0.6) is 0 Å². The molecule has 0 saturated heterocycles. The largest absolute Gasteiger partial charge is 0.325 e. The van der Waals surface area contributed by atoms with Crippen molar-refractivity contribution in [3.8, 4) is 0 Å². The maximum absolute atomic E-state index is 5.58. The molecule has 0 aromatic carbocycles. The molecule has 0 aliphatic rings. The van der Waals surface area contributed by atoms with E-state index in [2.05, 4.69) is 30.9 Å². The van der Waals surface area contributed by atoms with Gasteiger partial charge in [0.25, 0.3) is 0 Å². The van der Waals surface area contributed by atoms with E-state index < -0.39 is 0 Å². The molecule has 0 radical (unpaired) electrons. The molecule has 0 aliphatic carbocycles. The molecule has 0 atom stereocenters. The van der Waals surface area contributed by atoms with Gasteiger partial charge in [0.15, 0.2) is 0 Å². The Morgan fingerprint density at radius 2 is 2.07 bits per heavy atom. The molecule has 2 aromatic rings. The van der Waals surface area contributed by atoms with Gasteiger partial charge in [-0.05, 0) is 12.1 Å². The topological polar surface area (TPSA) is 56.2 Å². The summed E-state index contributed by atoms with van der Waals surface area (Å²) in [5.41, 5.74) is 8.57. The van der Waals surface area contributed by atoms with E-state index in [1.807, 2.05) is 12.1 Å². The molecule has 15 heavy (non-hydrogen) atoms. The maximum atomic E-state index is 5.58. The van der Waals surface area contributed by atoms with E-state index in [1.54, 1.807) is 10.8 Å². The van der Waals surface area contributed by atoms with Crippen molar-refractivity contribution in [3.63, 3.8) is 0 Å². The summed E-state index contributed by atoms with van der Waals surface area (Å²) in [4.78, 5) is 4.21. The van der Waals surface area contributed by atoms with Gasteiger partial charge in [0.1, 0.15) is 6.33 Å². The predicted molar refractivity (Wildman–Crippen MR) is 59.6 cm³/mol. The van der Waals surface area contributed by atoms with Gasteiger partial charge in [-0.1, -0.05) is 20.8 Å². The molecule has 0 aliphatic heterocycles. The van der Waals surface area contributed by atoms with Crippen molar-refractivity contribution >= 4 is 5.52 Å². The first-order valence-electron chi connectivity index (χ1n) is 5.06. The van der Waals surface area contributed by atoms with Crippen LogP contribution in [0.3, 0.4) is 0 Å². The van der Waals surface area contributed by atoms with Crippen LogP contribution in [0.2, 0.25) is 0 Å². The van der Waals surface area contributed by atoms with E-state index in [0.717, 1.165) is 16.9 Å². The Balaban J connectivity index is 2.58. The predicted octanol–water partition coefficient (Wildman–Crippen LogP) is 1.49. The van der Waals surface area contributed by atoms with E-state index in [4.69, 9.17) is 5.73 Å². The van der Waals surface area contributed by atoms with Crippen LogP contribution in [0.4, 0.5) is 0 Å². The van der Waals surface area contributed by atoms with Crippen LogP contribution in [0.15, 0.2) is 18.5 Å². The molecule has 2 aromatic heterocycles. The van der Waals surface area contributed by atoms with E-state index in [1.165, 1.54) is 0 Å². The van der Waals surface area contributed by atoms with Crippen LogP contribution < -0.4 is 5.73 Å². The maximum Gasteiger partial charge on any atom is 0.118 e. The minimum atomic E-state index is 0.0569. The first kappa shape index (κ1) is 10.1. The van der Waals surface area contributed by atoms with Crippen LogP contribution in [0, 0.1) is 0 Å². The summed E-state index contributed by atoms with van der Waals surface area (Å²) in [6.07, 6.45) is 1.72. The van der Waals surface area contributed by atoms with E-state index in [0.29, 0.717) is 6.54 Å². The fourth-order valence-electron chi connectivity index (χ4n) is 1.50. The van der Waals surface area contributed by atoms with Crippen LogP contribution in [0.25, 0.3) is 5.52 Å². The lowest BCUT2D eigenvalue weighted by atomic mass is 9.92. The lowest BCUT2D eigenvalue weighted by Crippen LogP contribution is -2.15. The number of nitrogens with zero attached hydrogens (tertiary/aromatic N) is 3. The van der Waals surface area contributed by atoms with Crippen molar-refractivity contribution in [3.05, 3.63) is 29.8 Å². The zero-order valence-electron chi connectivity index (χ0n) is 9.36. The fraction of sp³-hybridized carbons (Fsp3) is 0.455. The summed E-state index contributed by atoms with van der Waals surface area (Å²) in [7, 11) is 0. The highest BCUT2D eigenvalue weighted by Crippen LogP contribution is 2.20. The number of rotatable bonds is 1. The normalized spacial score (nSPS) is 12.3. The van der Waals surface area contributed by atoms with Crippen LogP contribution in [-0.4, -0.2) is 14.6 Å². The number of hydrogen-bond donors (Lipinski definition) is 1. The van der Waals surface area contributed by atoms with E-state index in [9.17, 15) is 0 Å². The first-order valence-corrected chi connectivity index (χ1v) is 5.06. The summed E-state index contributed by atoms with van der Waals surface area (Å²) in [5.74, 6) is 0. The highest BCUT2D eigenvalue weighted by molar-refractivity contribution is 5.51. The van der Waals surface area contributed by atoms with Crippen molar-refractivity contribution in [2.24, 2.45) is 5.73 Å².